The number of alkyl halides is 3. The molecule has 0 aromatic heterocycles. The molecule has 1 nitrogen and oxygen atoms in total. The van der Waals surface area contributed by atoms with Crippen LogP contribution in [-0.4, -0.2) is 12.2 Å². The van der Waals surface area contributed by atoms with Crippen LogP contribution in [0.2, 0.25) is 0 Å². The lowest BCUT2D eigenvalue weighted by molar-refractivity contribution is -0.137. The van der Waals surface area contributed by atoms with E-state index in [-0.39, 0.29) is 5.17 Å². The molecule has 0 aliphatic heterocycles. The minimum atomic E-state index is -4.31. The van der Waals surface area contributed by atoms with E-state index in [1.54, 1.807) is 0 Å². The van der Waals surface area contributed by atoms with Crippen LogP contribution in [0, 0.1) is 0 Å². The summed E-state index contributed by atoms with van der Waals surface area (Å²) in [5.74, 6) is 0. The summed E-state index contributed by atoms with van der Waals surface area (Å²) in [6.07, 6.45) is -4.31. The third kappa shape index (κ3) is 2.48. The molecule has 0 unspecified atom stereocenters. The highest BCUT2D eigenvalue weighted by Crippen LogP contribution is 2.29. The third-order valence-electron chi connectivity index (χ3n) is 1.65. The minimum Gasteiger partial charge on any atom is -0.276 e. The zero-order chi connectivity index (χ0) is 10.8. The molecule has 0 amide bonds. The highest BCUT2D eigenvalue weighted by atomic mass is 35.5. The number of hydrogen-bond acceptors (Lipinski definition) is 1. The van der Waals surface area contributed by atoms with Gasteiger partial charge in [0.2, 0.25) is 0 Å². The molecule has 0 saturated heterocycles. The van der Waals surface area contributed by atoms with Gasteiger partial charge in [0.15, 0.2) is 0 Å². The maximum absolute atomic E-state index is 12.1. The first kappa shape index (κ1) is 11.0. The summed E-state index contributed by atoms with van der Waals surface area (Å²) in [6, 6.07) is 4.53. The zero-order valence-corrected chi connectivity index (χ0v) is 8.02. The van der Waals surface area contributed by atoms with Gasteiger partial charge in [-0.2, -0.15) is 13.2 Å². The molecule has 0 bridgehead atoms. The van der Waals surface area contributed by atoms with Crippen molar-refractivity contribution >= 4 is 16.8 Å². The van der Waals surface area contributed by atoms with Crippen molar-refractivity contribution in [2.24, 2.45) is 4.99 Å². The molecule has 0 saturated carbocycles. The second-order valence-corrected chi connectivity index (χ2v) is 2.95. The van der Waals surface area contributed by atoms with E-state index in [2.05, 4.69) is 4.99 Å². The van der Waals surface area contributed by atoms with E-state index < -0.39 is 11.7 Å². The molecule has 0 aliphatic carbocycles. The molecule has 0 N–H and O–H groups in total. The molecule has 76 valence electrons. The van der Waals surface area contributed by atoms with Crippen molar-refractivity contribution in [3.8, 4) is 0 Å². The first-order valence-electron chi connectivity index (χ1n) is 3.75. The first-order valence-corrected chi connectivity index (χ1v) is 4.13. The second kappa shape index (κ2) is 4.00. The number of benzene rings is 1. The Kier molecular flexibility index (Phi) is 3.16. The predicted molar refractivity (Wildman–Crippen MR) is 49.8 cm³/mol. The fraction of sp³-hybridized carbons (Fsp3) is 0.222. The fourth-order valence-corrected chi connectivity index (χ4v) is 1.05. The van der Waals surface area contributed by atoms with Crippen molar-refractivity contribution in [2.75, 3.05) is 7.05 Å². The SMILES string of the molecule is CN=C(Cl)c1ccc(C(F)(F)F)cc1. The fourth-order valence-electron chi connectivity index (χ4n) is 0.926. The summed E-state index contributed by atoms with van der Waals surface area (Å²) < 4.78 is 36.4. The summed E-state index contributed by atoms with van der Waals surface area (Å²) >= 11 is 5.63. The summed E-state index contributed by atoms with van der Waals surface area (Å²) in [4.78, 5) is 3.65. The van der Waals surface area contributed by atoms with Crippen molar-refractivity contribution in [1.29, 1.82) is 0 Å². The lowest BCUT2D eigenvalue weighted by Gasteiger charge is -2.06. The van der Waals surface area contributed by atoms with Gasteiger partial charge in [-0.25, -0.2) is 0 Å². The molecule has 0 atom stereocenters. The smallest absolute Gasteiger partial charge is 0.276 e. The highest BCUT2D eigenvalue weighted by Gasteiger charge is 2.29. The lowest BCUT2D eigenvalue weighted by atomic mass is 10.1. The van der Waals surface area contributed by atoms with Gasteiger partial charge in [0, 0.05) is 12.6 Å². The quantitative estimate of drug-likeness (QED) is 0.645. The van der Waals surface area contributed by atoms with Crippen molar-refractivity contribution in [3.63, 3.8) is 0 Å². The Morgan fingerprint density at radius 2 is 1.71 bits per heavy atom. The van der Waals surface area contributed by atoms with Crippen LogP contribution in [0.5, 0.6) is 0 Å². The maximum atomic E-state index is 12.1. The van der Waals surface area contributed by atoms with Gasteiger partial charge in [0.1, 0.15) is 5.17 Å². The van der Waals surface area contributed by atoms with Gasteiger partial charge in [-0.05, 0) is 12.1 Å². The van der Waals surface area contributed by atoms with Gasteiger partial charge in [0.05, 0.1) is 5.56 Å². The van der Waals surface area contributed by atoms with Crippen LogP contribution in [0.3, 0.4) is 0 Å². The van der Waals surface area contributed by atoms with Crippen LogP contribution in [0.15, 0.2) is 29.3 Å². The molecule has 0 spiro atoms. The van der Waals surface area contributed by atoms with Gasteiger partial charge in [0.25, 0.3) is 0 Å². The molecule has 1 aromatic rings. The number of aliphatic imine (C=N–C) groups is 1. The Bertz CT molecular complexity index is 340. The predicted octanol–water partition coefficient (Wildman–Crippen LogP) is 3.32. The monoisotopic (exact) mass is 221 g/mol. The molecule has 1 rings (SSSR count). The maximum Gasteiger partial charge on any atom is 0.416 e. The first-order chi connectivity index (χ1) is 6.45. The van der Waals surface area contributed by atoms with Crippen LogP contribution in [0.4, 0.5) is 13.2 Å². The van der Waals surface area contributed by atoms with Crippen molar-refractivity contribution in [3.05, 3.63) is 35.4 Å². The van der Waals surface area contributed by atoms with Gasteiger partial charge in [-0.3, -0.25) is 4.99 Å². The normalized spacial score (nSPS) is 13.1. The number of halogens is 4. The van der Waals surface area contributed by atoms with Crippen molar-refractivity contribution in [2.45, 2.75) is 6.18 Å². The minimum absolute atomic E-state index is 0.193. The van der Waals surface area contributed by atoms with E-state index >= 15 is 0 Å². The Labute approximate surface area is 84.2 Å². The summed E-state index contributed by atoms with van der Waals surface area (Å²) in [6.45, 7) is 0. The molecule has 1 aromatic carbocycles. The third-order valence-corrected chi connectivity index (χ3v) is 2.03. The van der Waals surface area contributed by atoms with Crippen LogP contribution in [0.1, 0.15) is 11.1 Å². The van der Waals surface area contributed by atoms with E-state index in [0.29, 0.717) is 5.56 Å². The van der Waals surface area contributed by atoms with Crippen LogP contribution >= 0.6 is 11.6 Å². The molecular formula is C9H7ClF3N. The summed E-state index contributed by atoms with van der Waals surface area (Å²) in [5, 5.41) is 0.193. The average Bonchev–Trinajstić information content (AvgIpc) is 2.15. The van der Waals surface area contributed by atoms with Crippen LogP contribution < -0.4 is 0 Å². The van der Waals surface area contributed by atoms with Gasteiger partial charge in [-0.15, -0.1) is 0 Å². The summed E-state index contributed by atoms with van der Waals surface area (Å²) in [7, 11) is 1.47. The van der Waals surface area contributed by atoms with Gasteiger partial charge in [-0.1, -0.05) is 23.7 Å². The van der Waals surface area contributed by atoms with Gasteiger partial charge >= 0.3 is 6.18 Å². The molecule has 5 heteroatoms. The number of nitrogens with zero attached hydrogens (tertiary/aromatic N) is 1. The van der Waals surface area contributed by atoms with E-state index in [4.69, 9.17) is 11.6 Å². The Morgan fingerprint density at radius 3 is 2.07 bits per heavy atom. The largest absolute Gasteiger partial charge is 0.416 e. The molecule has 0 aliphatic rings. The Hall–Kier alpha value is -1.03. The molecule has 0 fully saturated rings. The van der Waals surface area contributed by atoms with E-state index in [9.17, 15) is 13.2 Å². The average molecular weight is 222 g/mol. The standard InChI is InChI=1S/C9H7ClF3N/c1-14-8(10)6-2-4-7(5-3-6)9(11,12)13/h2-5H,1H3. The lowest BCUT2D eigenvalue weighted by Crippen LogP contribution is -2.04. The van der Waals surface area contributed by atoms with E-state index in [1.165, 1.54) is 19.2 Å². The molecule has 0 radical (unpaired) electrons. The van der Waals surface area contributed by atoms with Crippen LogP contribution in [0.25, 0.3) is 0 Å². The highest BCUT2D eigenvalue weighted by molar-refractivity contribution is 6.69. The molecule has 14 heavy (non-hydrogen) atoms. The number of rotatable bonds is 1. The topological polar surface area (TPSA) is 12.4 Å². The Morgan fingerprint density at radius 1 is 1.21 bits per heavy atom. The van der Waals surface area contributed by atoms with Gasteiger partial charge < -0.3 is 0 Å². The second-order valence-electron chi connectivity index (χ2n) is 2.59. The van der Waals surface area contributed by atoms with Crippen LogP contribution in [-0.2, 0) is 6.18 Å². The van der Waals surface area contributed by atoms with E-state index in [0.717, 1.165) is 12.1 Å². The van der Waals surface area contributed by atoms with Crippen molar-refractivity contribution < 1.29 is 13.2 Å². The zero-order valence-electron chi connectivity index (χ0n) is 7.27. The number of hydrogen-bond donors (Lipinski definition) is 0. The summed E-state index contributed by atoms with van der Waals surface area (Å²) in [5.41, 5.74) is -0.219. The van der Waals surface area contributed by atoms with Crippen molar-refractivity contribution in [1.82, 2.24) is 0 Å². The molecular weight excluding hydrogens is 215 g/mol. The molecule has 0 heterocycles. The van der Waals surface area contributed by atoms with E-state index in [1.807, 2.05) is 0 Å². The Balaban J connectivity index is 3.01.